The largest absolute Gasteiger partial charge is 0.493 e. The molecule has 0 radical (unpaired) electrons. The van der Waals surface area contributed by atoms with E-state index in [2.05, 4.69) is 78.5 Å². The molecule has 5 aromatic carbocycles. The van der Waals surface area contributed by atoms with Gasteiger partial charge in [-0.3, -0.25) is 48.9 Å². The minimum atomic E-state index is -1.06. The van der Waals surface area contributed by atoms with E-state index < -0.39 is 29.8 Å². The molecule has 1 aliphatic heterocycles. The van der Waals surface area contributed by atoms with Gasteiger partial charge in [0.1, 0.15) is 31.1 Å². The van der Waals surface area contributed by atoms with Crippen LogP contribution >= 0.6 is 0 Å². The molecule has 85 heavy (non-hydrogen) atoms. The molecule has 4 atom stereocenters. The third-order valence-corrected chi connectivity index (χ3v) is 14.4. The van der Waals surface area contributed by atoms with Gasteiger partial charge in [0.15, 0.2) is 34.6 Å². The third kappa shape index (κ3) is 19.5. The fourth-order valence-corrected chi connectivity index (χ4v) is 9.50. The smallest absolute Gasteiger partial charge is 0.252 e. The summed E-state index contributed by atoms with van der Waals surface area (Å²) < 4.78 is 24.4. The first kappa shape index (κ1) is 65.0. The molecule has 0 spiro atoms. The van der Waals surface area contributed by atoms with Gasteiger partial charge in [-0.1, -0.05) is 62.4 Å². The highest BCUT2D eigenvalue weighted by atomic mass is 16.5. The van der Waals surface area contributed by atoms with Gasteiger partial charge in [-0.15, -0.1) is 0 Å². The van der Waals surface area contributed by atoms with Gasteiger partial charge in [-0.2, -0.15) is 0 Å². The van der Waals surface area contributed by atoms with Crippen molar-refractivity contribution in [2.45, 2.75) is 119 Å². The van der Waals surface area contributed by atoms with Gasteiger partial charge in [-0.05, 0) is 149 Å². The molecule has 450 valence electrons. The maximum absolute atomic E-state index is 13.9. The van der Waals surface area contributed by atoms with Gasteiger partial charge < -0.3 is 45.5 Å². The van der Waals surface area contributed by atoms with Crippen LogP contribution in [-0.4, -0.2) is 104 Å². The number of Topliss-reactive ketones (excluding diaryl/α,β-unsaturated/α-hetero) is 2. The second-order valence-electron chi connectivity index (χ2n) is 21.6. The monoisotopic (exact) mass is 1160 g/mol. The number of benzene rings is 5. The topological polar surface area (TPSA) is 256 Å². The highest BCUT2D eigenvalue weighted by molar-refractivity contribution is 6.14. The van der Waals surface area contributed by atoms with Crippen LogP contribution in [0.2, 0.25) is 0 Å². The number of nitrogens with one attached hydrogen (secondary N) is 6. The Morgan fingerprint density at radius 3 is 1.80 bits per heavy atom. The standard InChI is InChI=1S/C66H80N8O11/c1-40(27-50-19-13-11-17-42(50)3)36-69-55-34-59(57(82-9)32-53(55)46(7)75)84-38-48-29-49(39-85-60-35-56(54(47(8)76)33-58(60)83-10)70-37-41(2)28-51-20-14-12-18-43(51)4)31-52(30-48)73-66(81)45(6)72-65(80)44(5)71-63(78)22-16-15-21-62(77)68-25-26-74-61(67)23-24-64(74)79/h11-14,17-20,23-24,29-36,40-41,44-45,67,70H,15-16,21-22,25-28,37-39H2,1-10H3,(H,68,77)(H,71,78)(H,72,80)(H,73,81)/t40?,41-,44-,45?/m0/s1. The third-order valence-electron chi connectivity index (χ3n) is 14.4. The van der Waals surface area contributed by atoms with E-state index >= 15 is 0 Å². The number of unbranched alkanes of at least 4 members (excludes halogenated alkanes) is 1. The molecule has 0 bridgehead atoms. The molecule has 0 saturated carbocycles. The van der Waals surface area contributed by atoms with Gasteiger partial charge in [0.2, 0.25) is 23.6 Å². The zero-order chi connectivity index (χ0) is 61.7. The number of nitrogens with zero attached hydrogens (tertiary/aromatic N) is 2. The van der Waals surface area contributed by atoms with Crippen molar-refractivity contribution in [2.75, 3.05) is 44.5 Å². The number of hydrogen-bond acceptors (Lipinski definition) is 14. The second-order valence-corrected chi connectivity index (χ2v) is 21.6. The lowest BCUT2D eigenvalue weighted by Gasteiger charge is -2.20. The second kappa shape index (κ2) is 31.5. The van der Waals surface area contributed by atoms with Crippen molar-refractivity contribution in [3.8, 4) is 23.0 Å². The van der Waals surface area contributed by atoms with E-state index in [0.29, 0.717) is 81.7 Å². The van der Waals surface area contributed by atoms with Crippen molar-refractivity contribution in [3.63, 3.8) is 0 Å². The summed E-state index contributed by atoms with van der Waals surface area (Å²) in [6, 6.07) is 26.3. The molecular weight excluding hydrogens is 1080 g/mol. The van der Waals surface area contributed by atoms with Gasteiger partial charge in [0.05, 0.1) is 19.9 Å². The van der Waals surface area contributed by atoms with Crippen molar-refractivity contribution in [1.29, 1.82) is 5.41 Å². The number of methoxy groups -OCH3 is 2. The molecule has 19 heteroatoms. The number of amidine groups is 1. The van der Waals surface area contributed by atoms with E-state index in [1.807, 2.05) is 36.5 Å². The summed E-state index contributed by atoms with van der Waals surface area (Å²) in [5.74, 6) is -0.847. The van der Waals surface area contributed by atoms with Crippen molar-refractivity contribution < 1.29 is 52.5 Å². The number of aryl methyl sites for hydroxylation is 2. The van der Waals surface area contributed by atoms with Gasteiger partial charge in [0.25, 0.3) is 5.91 Å². The number of carbonyl (C=O) groups excluding carboxylic acids is 7. The Morgan fingerprint density at radius 1 is 0.659 bits per heavy atom. The van der Waals surface area contributed by atoms with Gasteiger partial charge >= 0.3 is 0 Å². The van der Waals surface area contributed by atoms with Crippen LogP contribution in [0.25, 0.3) is 0 Å². The number of carbonyl (C=O) groups is 7. The molecule has 19 nitrogen and oxygen atoms in total. The SMILES string of the molecule is COc1cc(C(C)=O)c(N=CC(C)Cc2ccccc2C)cc1OCc1cc(COc2cc(NC[C@@H](C)Cc3ccccc3C)c(C(C)=O)cc2OC)cc(NC(=O)C(C)NC(=O)[C@H](C)NC(=O)CCCCC(=O)NCCN2C(=N)C=CC2=O)c1. The number of amides is 5. The number of anilines is 2. The van der Waals surface area contributed by atoms with E-state index in [-0.39, 0.29) is 80.2 Å². The molecule has 0 fully saturated rings. The zero-order valence-electron chi connectivity index (χ0n) is 50.4. The van der Waals surface area contributed by atoms with Crippen molar-refractivity contribution in [2.24, 2.45) is 16.8 Å². The molecule has 6 N–H and O–H groups in total. The highest BCUT2D eigenvalue weighted by Gasteiger charge is 2.24. The van der Waals surface area contributed by atoms with Crippen LogP contribution in [0.4, 0.5) is 17.1 Å². The Morgan fingerprint density at radius 2 is 1.22 bits per heavy atom. The normalized spacial score (nSPS) is 13.4. The first-order chi connectivity index (χ1) is 40.6. The van der Waals surface area contributed by atoms with Crippen LogP contribution in [0, 0.1) is 31.1 Å². The highest BCUT2D eigenvalue weighted by Crippen LogP contribution is 2.38. The van der Waals surface area contributed by atoms with E-state index in [4.69, 9.17) is 29.3 Å². The molecule has 6 rings (SSSR count). The number of aliphatic imine (C=N–C) groups is 1. The minimum absolute atomic E-state index is 0.0321. The lowest BCUT2D eigenvalue weighted by Crippen LogP contribution is -2.50. The minimum Gasteiger partial charge on any atom is -0.493 e. The van der Waals surface area contributed by atoms with Gasteiger partial charge in [0, 0.05) is 79.4 Å². The average molecular weight is 1160 g/mol. The van der Waals surface area contributed by atoms with Crippen LogP contribution in [-0.2, 0) is 50.0 Å². The van der Waals surface area contributed by atoms with E-state index in [1.165, 1.54) is 81.2 Å². The quantitative estimate of drug-likeness (QED) is 0.0134. The Bertz CT molecular complexity index is 3300. The molecule has 0 aliphatic carbocycles. The average Bonchev–Trinajstić information content (AvgIpc) is 4.00. The fourth-order valence-electron chi connectivity index (χ4n) is 9.50. The van der Waals surface area contributed by atoms with Crippen molar-refractivity contribution in [1.82, 2.24) is 20.9 Å². The molecule has 1 aliphatic rings. The Hall–Kier alpha value is -9.13. The molecular formula is C66H80N8O11. The lowest BCUT2D eigenvalue weighted by atomic mass is 9.97. The van der Waals surface area contributed by atoms with Gasteiger partial charge in [-0.25, -0.2) is 0 Å². The van der Waals surface area contributed by atoms with Crippen LogP contribution < -0.4 is 45.5 Å². The van der Waals surface area contributed by atoms with Crippen LogP contribution in [0.5, 0.6) is 23.0 Å². The summed E-state index contributed by atoms with van der Waals surface area (Å²) in [6.07, 6.45) is 7.09. The Kier molecular flexibility index (Phi) is 24.1. The summed E-state index contributed by atoms with van der Waals surface area (Å²) in [6.45, 7) is 15.2. The number of hydrogen-bond donors (Lipinski definition) is 6. The fraction of sp³-hybridized carbons (Fsp3) is 0.379. The summed E-state index contributed by atoms with van der Waals surface area (Å²) in [7, 11) is 2.97. The summed E-state index contributed by atoms with van der Waals surface area (Å²) in [4.78, 5) is 96.2. The Balaban J connectivity index is 1.16. The van der Waals surface area contributed by atoms with Crippen LogP contribution in [0.3, 0.4) is 0 Å². The first-order valence-electron chi connectivity index (χ1n) is 28.6. The van der Waals surface area contributed by atoms with Crippen LogP contribution in [0.15, 0.2) is 108 Å². The predicted molar refractivity (Wildman–Crippen MR) is 330 cm³/mol. The maximum Gasteiger partial charge on any atom is 0.252 e. The maximum atomic E-state index is 13.9. The molecule has 2 unspecified atom stereocenters. The number of ether oxygens (including phenoxy) is 4. The zero-order valence-corrected chi connectivity index (χ0v) is 50.4. The number of rotatable bonds is 32. The number of ketones is 2. The van der Waals surface area contributed by atoms with Crippen LogP contribution in [0.1, 0.15) is 121 Å². The molecule has 0 saturated heterocycles. The lowest BCUT2D eigenvalue weighted by molar-refractivity contribution is -0.130. The summed E-state index contributed by atoms with van der Waals surface area (Å²) >= 11 is 0. The molecule has 5 aromatic rings. The molecule has 5 amide bonds. The Labute approximate surface area is 498 Å². The molecule has 0 aromatic heterocycles. The molecule has 1 heterocycles. The van der Waals surface area contributed by atoms with E-state index in [1.54, 1.807) is 36.4 Å². The van der Waals surface area contributed by atoms with Crippen molar-refractivity contribution >= 4 is 70.2 Å². The predicted octanol–water partition coefficient (Wildman–Crippen LogP) is 9.76. The van der Waals surface area contributed by atoms with E-state index in [9.17, 15) is 33.6 Å². The summed E-state index contributed by atoms with van der Waals surface area (Å²) in [5, 5.41) is 22.2. The summed E-state index contributed by atoms with van der Waals surface area (Å²) in [5.41, 5.74) is 8.17. The van der Waals surface area contributed by atoms with E-state index in [0.717, 1.165) is 12.8 Å². The first-order valence-corrected chi connectivity index (χ1v) is 28.6. The van der Waals surface area contributed by atoms with Crippen molar-refractivity contribution in [3.05, 3.63) is 148 Å².